The molecule has 0 bridgehead atoms. The molecular weight excluding hydrogens is 350 g/mol. The summed E-state index contributed by atoms with van der Waals surface area (Å²) in [4.78, 5) is 22.0. The summed E-state index contributed by atoms with van der Waals surface area (Å²) in [5, 5.41) is 0. The third-order valence-electron chi connectivity index (χ3n) is 6.09. The summed E-state index contributed by atoms with van der Waals surface area (Å²) in [6.07, 6.45) is 6.38. The van der Waals surface area contributed by atoms with E-state index in [-0.39, 0.29) is 12.1 Å². The molecule has 1 aromatic rings. The van der Waals surface area contributed by atoms with Gasteiger partial charge in [-0.25, -0.2) is 4.79 Å². The molecule has 0 N–H and O–H groups in total. The first-order valence-electron chi connectivity index (χ1n) is 10.9. The minimum absolute atomic E-state index is 0.179. The van der Waals surface area contributed by atoms with Crippen molar-refractivity contribution in [2.45, 2.75) is 96.9 Å². The van der Waals surface area contributed by atoms with E-state index >= 15 is 0 Å². The van der Waals surface area contributed by atoms with E-state index in [1.54, 1.807) is 0 Å². The van der Waals surface area contributed by atoms with Crippen LogP contribution in [0.3, 0.4) is 0 Å². The van der Waals surface area contributed by atoms with Crippen LogP contribution in [0.5, 0.6) is 0 Å². The van der Waals surface area contributed by atoms with Gasteiger partial charge in [0.25, 0.3) is 0 Å². The fraction of sp³-hybridized carbons (Fsp3) is 0.739. The minimum Gasteiger partial charge on any atom is -0.444 e. The Bertz CT molecular complexity index is 663. The van der Waals surface area contributed by atoms with Crippen LogP contribution in [0.15, 0.2) is 18.3 Å². The topological polar surface area (TPSA) is 45.7 Å². The lowest BCUT2D eigenvalue weighted by Crippen LogP contribution is -2.60. The van der Waals surface area contributed by atoms with Gasteiger partial charge in [0.05, 0.1) is 0 Å². The highest BCUT2D eigenvalue weighted by Crippen LogP contribution is 2.39. The molecule has 3 atom stereocenters. The zero-order valence-electron chi connectivity index (χ0n) is 18.4. The number of carbonyl (C=O) groups excluding carboxylic acids is 1. The lowest BCUT2D eigenvalue weighted by atomic mass is 9.98. The molecule has 1 unspecified atom stereocenters. The smallest absolute Gasteiger partial charge is 0.410 e. The van der Waals surface area contributed by atoms with Gasteiger partial charge < -0.3 is 9.64 Å². The van der Waals surface area contributed by atoms with Gasteiger partial charge in [0.1, 0.15) is 5.60 Å². The fourth-order valence-corrected chi connectivity index (χ4v) is 4.18. The first kappa shape index (κ1) is 21.1. The van der Waals surface area contributed by atoms with E-state index in [0.717, 1.165) is 25.9 Å². The van der Waals surface area contributed by atoms with Crippen LogP contribution in [0.2, 0.25) is 0 Å². The molecule has 5 heteroatoms. The summed E-state index contributed by atoms with van der Waals surface area (Å²) in [6.45, 7) is 14.0. The predicted molar refractivity (Wildman–Crippen MR) is 112 cm³/mol. The molecule has 1 aromatic heterocycles. The number of ether oxygens (including phenoxy) is 1. The van der Waals surface area contributed by atoms with E-state index in [1.165, 1.54) is 24.1 Å². The van der Waals surface area contributed by atoms with Crippen LogP contribution in [-0.4, -0.2) is 51.7 Å². The monoisotopic (exact) mass is 387 g/mol. The molecule has 1 saturated heterocycles. The van der Waals surface area contributed by atoms with Crippen molar-refractivity contribution in [3.63, 3.8) is 0 Å². The number of hydrogen-bond acceptors (Lipinski definition) is 4. The Hall–Kier alpha value is -1.62. The molecule has 3 rings (SSSR count). The van der Waals surface area contributed by atoms with Gasteiger partial charge in [0.15, 0.2) is 0 Å². The maximum Gasteiger partial charge on any atom is 0.410 e. The second-order valence-electron chi connectivity index (χ2n) is 9.42. The molecular formula is C23H37N3O2. The largest absolute Gasteiger partial charge is 0.444 e. The van der Waals surface area contributed by atoms with E-state index in [0.29, 0.717) is 18.0 Å². The molecule has 0 radical (unpaired) electrons. The molecule has 28 heavy (non-hydrogen) atoms. The molecule has 2 aliphatic rings. The Morgan fingerprint density at radius 3 is 2.36 bits per heavy atom. The zero-order valence-corrected chi connectivity index (χ0v) is 18.4. The van der Waals surface area contributed by atoms with Crippen LogP contribution in [0.25, 0.3) is 0 Å². The summed E-state index contributed by atoms with van der Waals surface area (Å²) in [5.41, 5.74) is 2.05. The highest BCUT2D eigenvalue weighted by molar-refractivity contribution is 5.68. The molecule has 1 aliphatic carbocycles. The third kappa shape index (κ3) is 4.86. The first-order chi connectivity index (χ1) is 13.2. The fourth-order valence-electron chi connectivity index (χ4n) is 4.18. The number of hydrogen-bond donors (Lipinski definition) is 0. The van der Waals surface area contributed by atoms with Crippen LogP contribution in [-0.2, 0) is 4.74 Å². The van der Waals surface area contributed by atoms with Gasteiger partial charge in [0.2, 0.25) is 0 Å². The molecule has 0 spiro atoms. The van der Waals surface area contributed by atoms with Crippen LogP contribution in [0.4, 0.5) is 4.79 Å². The van der Waals surface area contributed by atoms with Crippen molar-refractivity contribution in [3.8, 4) is 0 Å². The highest BCUT2D eigenvalue weighted by Gasteiger charge is 2.38. The number of rotatable bonds is 5. The number of nitrogens with zero attached hydrogens (tertiary/aromatic N) is 3. The Morgan fingerprint density at radius 2 is 1.86 bits per heavy atom. The van der Waals surface area contributed by atoms with Gasteiger partial charge in [-0.15, -0.1) is 0 Å². The number of carbonyl (C=O) groups is 1. The molecule has 156 valence electrons. The van der Waals surface area contributed by atoms with Crippen LogP contribution >= 0.6 is 0 Å². The number of amides is 1. The van der Waals surface area contributed by atoms with Crippen molar-refractivity contribution in [3.05, 3.63) is 29.6 Å². The molecule has 1 aliphatic heterocycles. The van der Waals surface area contributed by atoms with Crippen molar-refractivity contribution >= 4 is 6.09 Å². The van der Waals surface area contributed by atoms with E-state index in [2.05, 4.69) is 44.0 Å². The summed E-state index contributed by atoms with van der Waals surface area (Å²) >= 11 is 0. The number of pyridine rings is 1. The lowest BCUT2D eigenvalue weighted by molar-refractivity contribution is -0.0268. The maximum atomic E-state index is 12.8. The molecule has 0 aromatic carbocycles. The highest BCUT2D eigenvalue weighted by atomic mass is 16.6. The summed E-state index contributed by atoms with van der Waals surface area (Å²) in [6, 6.07) is 5.26. The Labute approximate surface area is 170 Å². The Morgan fingerprint density at radius 1 is 1.18 bits per heavy atom. The molecule has 1 amide bonds. The van der Waals surface area contributed by atoms with Crippen LogP contribution < -0.4 is 0 Å². The summed E-state index contributed by atoms with van der Waals surface area (Å²) in [5.74, 6) is 0.689. The van der Waals surface area contributed by atoms with E-state index in [9.17, 15) is 4.79 Å². The Kier molecular flexibility index (Phi) is 6.33. The number of aromatic nitrogens is 1. The van der Waals surface area contributed by atoms with Crippen molar-refractivity contribution in [1.29, 1.82) is 0 Å². The van der Waals surface area contributed by atoms with Crippen LogP contribution in [0, 0.1) is 0 Å². The normalized spacial score (nSPS) is 24.9. The third-order valence-corrected chi connectivity index (χ3v) is 6.09. The average molecular weight is 388 g/mol. The SMILES string of the molecule is CC[C@H]1CN(C(C)c2ccc(C3CC3)nc2)[C@H](CC)CN1C(=O)OC(C)(C)C. The lowest BCUT2D eigenvalue weighted by Gasteiger charge is -2.48. The van der Waals surface area contributed by atoms with Gasteiger partial charge >= 0.3 is 6.09 Å². The summed E-state index contributed by atoms with van der Waals surface area (Å²) in [7, 11) is 0. The van der Waals surface area contributed by atoms with Crippen molar-refractivity contribution < 1.29 is 9.53 Å². The number of piperazine rings is 1. The molecule has 5 nitrogen and oxygen atoms in total. The second kappa shape index (κ2) is 8.40. The first-order valence-corrected chi connectivity index (χ1v) is 10.9. The predicted octanol–water partition coefficient (Wildman–Crippen LogP) is 5.13. The standard InChI is InChI=1S/C23H37N3O2/c1-7-19-15-26(22(27)28-23(4,5)6)20(8-2)14-25(19)16(3)18-11-12-21(24-13-18)17-9-10-17/h11-13,16-17,19-20H,7-10,14-15H2,1-6H3/t16?,19-,20+/m1/s1. The molecule has 1 saturated carbocycles. The van der Waals surface area contributed by atoms with E-state index in [4.69, 9.17) is 9.72 Å². The van der Waals surface area contributed by atoms with Crippen molar-refractivity contribution in [2.24, 2.45) is 0 Å². The van der Waals surface area contributed by atoms with Gasteiger partial charge in [-0.05, 0) is 65.0 Å². The van der Waals surface area contributed by atoms with E-state index < -0.39 is 5.60 Å². The zero-order chi connectivity index (χ0) is 20.5. The second-order valence-corrected chi connectivity index (χ2v) is 9.42. The molecule has 2 heterocycles. The van der Waals surface area contributed by atoms with Gasteiger partial charge in [0, 0.05) is 49.0 Å². The average Bonchev–Trinajstić information content (AvgIpc) is 3.50. The van der Waals surface area contributed by atoms with Crippen molar-refractivity contribution in [2.75, 3.05) is 13.1 Å². The maximum absolute atomic E-state index is 12.8. The summed E-state index contributed by atoms with van der Waals surface area (Å²) < 4.78 is 5.68. The van der Waals surface area contributed by atoms with Crippen LogP contribution in [0.1, 0.15) is 90.4 Å². The van der Waals surface area contributed by atoms with Crippen molar-refractivity contribution in [1.82, 2.24) is 14.8 Å². The van der Waals surface area contributed by atoms with Gasteiger partial charge in [-0.3, -0.25) is 9.88 Å². The minimum atomic E-state index is -0.462. The quantitative estimate of drug-likeness (QED) is 0.703. The van der Waals surface area contributed by atoms with E-state index in [1.807, 2.05) is 25.7 Å². The van der Waals surface area contributed by atoms with Gasteiger partial charge in [-0.2, -0.15) is 0 Å². The Balaban J connectivity index is 1.73. The van der Waals surface area contributed by atoms with Gasteiger partial charge in [-0.1, -0.05) is 19.9 Å². The molecule has 2 fully saturated rings.